The minimum absolute atomic E-state index is 0.0285. The molecule has 28 heavy (non-hydrogen) atoms. The fourth-order valence-corrected chi connectivity index (χ4v) is 3.93. The lowest BCUT2D eigenvalue weighted by Crippen LogP contribution is -2.26. The summed E-state index contributed by atoms with van der Waals surface area (Å²) in [6.45, 7) is 3.97. The highest BCUT2D eigenvalue weighted by Crippen LogP contribution is 2.58. The Hall–Kier alpha value is -3.20. The van der Waals surface area contributed by atoms with E-state index in [2.05, 4.69) is 41.7 Å². The van der Waals surface area contributed by atoms with E-state index >= 15 is 0 Å². The molecule has 3 aromatic rings. The van der Waals surface area contributed by atoms with Crippen LogP contribution in [0.1, 0.15) is 35.6 Å². The lowest BCUT2D eigenvalue weighted by Gasteiger charge is -2.18. The van der Waals surface area contributed by atoms with Crippen LogP contribution >= 0.6 is 0 Å². The Kier molecular flexibility index (Phi) is 4.82. The Labute approximate surface area is 166 Å². The predicted octanol–water partition coefficient (Wildman–Crippen LogP) is 4.84. The number of hydrogen-bond donors (Lipinski definition) is 1. The van der Waals surface area contributed by atoms with E-state index in [0.717, 1.165) is 17.7 Å². The van der Waals surface area contributed by atoms with Crippen LogP contribution in [0.2, 0.25) is 0 Å². The van der Waals surface area contributed by atoms with Crippen molar-refractivity contribution in [2.45, 2.75) is 25.7 Å². The number of nitrogens with zero attached hydrogens (tertiary/aromatic N) is 1. The molecule has 3 nitrogen and oxygen atoms in total. The number of hydrazone groups is 1. The van der Waals surface area contributed by atoms with Gasteiger partial charge in [0, 0.05) is 5.41 Å². The topological polar surface area (TPSA) is 41.5 Å². The Bertz CT molecular complexity index is 952. The van der Waals surface area contributed by atoms with Gasteiger partial charge in [-0.3, -0.25) is 4.79 Å². The maximum atomic E-state index is 12.9. The van der Waals surface area contributed by atoms with Gasteiger partial charge < -0.3 is 0 Å². The van der Waals surface area contributed by atoms with Crippen LogP contribution in [0.25, 0.3) is 0 Å². The number of rotatable bonds is 5. The summed E-state index contributed by atoms with van der Waals surface area (Å²) in [4.78, 5) is 12.9. The number of amides is 1. The van der Waals surface area contributed by atoms with E-state index in [1.165, 1.54) is 16.7 Å². The van der Waals surface area contributed by atoms with Crippen LogP contribution in [0.3, 0.4) is 0 Å². The number of carbonyl (C=O) groups is 1. The number of hydrogen-bond acceptors (Lipinski definition) is 2. The molecular weight excluding hydrogens is 344 g/mol. The zero-order valence-electron chi connectivity index (χ0n) is 16.2. The SMILES string of the molecule is C/C(=N/NC(=O)[C@@H]1CC1(c1ccccc1)c1ccccc1)c1ccc(C)cc1. The number of benzene rings is 3. The van der Waals surface area contributed by atoms with E-state index in [4.69, 9.17) is 0 Å². The molecule has 0 aromatic heterocycles. The first-order chi connectivity index (χ1) is 13.6. The van der Waals surface area contributed by atoms with Crippen LogP contribution in [-0.4, -0.2) is 11.6 Å². The predicted molar refractivity (Wildman–Crippen MR) is 113 cm³/mol. The van der Waals surface area contributed by atoms with Crippen molar-refractivity contribution in [3.8, 4) is 0 Å². The van der Waals surface area contributed by atoms with E-state index in [1.807, 2.05) is 67.6 Å². The van der Waals surface area contributed by atoms with Crippen molar-refractivity contribution in [1.82, 2.24) is 5.43 Å². The fraction of sp³-hybridized carbons (Fsp3) is 0.200. The number of aryl methyl sites for hydroxylation is 1. The number of nitrogens with one attached hydrogen (secondary N) is 1. The second-order valence-corrected chi connectivity index (χ2v) is 7.50. The normalized spacial score (nSPS) is 17.8. The molecule has 1 N–H and O–H groups in total. The highest BCUT2D eigenvalue weighted by atomic mass is 16.2. The Morgan fingerprint density at radius 2 is 1.43 bits per heavy atom. The summed E-state index contributed by atoms with van der Waals surface area (Å²) in [5.74, 6) is -0.147. The molecular formula is C25H24N2O. The van der Waals surface area contributed by atoms with Gasteiger partial charge in [-0.2, -0.15) is 5.10 Å². The molecule has 3 heteroatoms. The molecule has 3 aromatic carbocycles. The third-order valence-electron chi connectivity index (χ3n) is 5.66. The monoisotopic (exact) mass is 368 g/mol. The van der Waals surface area contributed by atoms with Crippen LogP contribution in [0, 0.1) is 12.8 Å². The average Bonchev–Trinajstić information content (AvgIpc) is 3.51. The van der Waals surface area contributed by atoms with Crippen LogP contribution in [0.4, 0.5) is 0 Å². The molecule has 1 aliphatic rings. The summed E-state index contributed by atoms with van der Waals surface area (Å²) in [7, 11) is 0. The Balaban J connectivity index is 1.56. The second-order valence-electron chi connectivity index (χ2n) is 7.50. The maximum absolute atomic E-state index is 12.9. The maximum Gasteiger partial charge on any atom is 0.244 e. The van der Waals surface area contributed by atoms with Crippen molar-refractivity contribution in [3.05, 3.63) is 107 Å². The summed E-state index contributed by atoms with van der Waals surface area (Å²) in [5.41, 5.74) is 7.92. The minimum atomic E-state index is -0.264. The largest absolute Gasteiger partial charge is 0.273 e. The van der Waals surface area contributed by atoms with Gasteiger partial charge in [-0.15, -0.1) is 0 Å². The van der Waals surface area contributed by atoms with E-state index < -0.39 is 0 Å². The third kappa shape index (κ3) is 3.36. The molecule has 1 atom stereocenters. The summed E-state index contributed by atoms with van der Waals surface area (Å²) < 4.78 is 0. The highest BCUT2D eigenvalue weighted by molar-refractivity contribution is 5.99. The average molecular weight is 368 g/mol. The van der Waals surface area contributed by atoms with Gasteiger partial charge >= 0.3 is 0 Å². The fourth-order valence-electron chi connectivity index (χ4n) is 3.93. The summed E-state index contributed by atoms with van der Waals surface area (Å²) in [6, 6.07) is 28.7. The molecule has 1 saturated carbocycles. The van der Waals surface area contributed by atoms with Gasteiger partial charge in [0.15, 0.2) is 0 Å². The van der Waals surface area contributed by atoms with Crippen molar-refractivity contribution >= 4 is 11.6 Å². The molecule has 4 rings (SSSR count). The molecule has 0 spiro atoms. The van der Waals surface area contributed by atoms with Gasteiger partial charge in [-0.1, -0.05) is 90.5 Å². The quantitative estimate of drug-likeness (QED) is 0.508. The minimum Gasteiger partial charge on any atom is -0.273 e. The zero-order valence-corrected chi connectivity index (χ0v) is 16.2. The van der Waals surface area contributed by atoms with Crippen LogP contribution in [0.5, 0.6) is 0 Å². The van der Waals surface area contributed by atoms with Crippen molar-refractivity contribution in [2.75, 3.05) is 0 Å². The number of carbonyl (C=O) groups excluding carboxylic acids is 1. The smallest absolute Gasteiger partial charge is 0.244 e. The molecule has 1 fully saturated rings. The zero-order chi connectivity index (χ0) is 19.6. The summed E-state index contributed by atoms with van der Waals surface area (Å²) in [6.07, 6.45) is 0.798. The van der Waals surface area contributed by atoms with Crippen LogP contribution in [-0.2, 0) is 10.2 Å². The van der Waals surface area contributed by atoms with Gasteiger partial charge in [0.25, 0.3) is 0 Å². The molecule has 1 amide bonds. The first kappa shape index (κ1) is 18.2. The molecule has 0 aliphatic heterocycles. The molecule has 0 heterocycles. The van der Waals surface area contributed by atoms with Gasteiger partial charge in [-0.25, -0.2) is 5.43 Å². The second kappa shape index (κ2) is 7.43. The third-order valence-corrected chi connectivity index (χ3v) is 5.66. The molecule has 0 radical (unpaired) electrons. The molecule has 0 unspecified atom stereocenters. The first-order valence-electron chi connectivity index (χ1n) is 9.63. The van der Waals surface area contributed by atoms with Crippen LogP contribution in [0.15, 0.2) is 90.0 Å². The van der Waals surface area contributed by atoms with E-state index in [0.29, 0.717) is 0 Å². The molecule has 140 valence electrons. The van der Waals surface area contributed by atoms with Crippen molar-refractivity contribution in [3.63, 3.8) is 0 Å². The van der Waals surface area contributed by atoms with Crippen molar-refractivity contribution < 1.29 is 4.79 Å². The van der Waals surface area contributed by atoms with Gasteiger partial charge in [0.05, 0.1) is 11.6 Å². The van der Waals surface area contributed by atoms with Gasteiger partial charge in [0.1, 0.15) is 0 Å². The first-order valence-corrected chi connectivity index (χ1v) is 9.63. The summed E-state index contributed by atoms with van der Waals surface area (Å²) in [5, 5.41) is 4.36. The van der Waals surface area contributed by atoms with Crippen molar-refractivity contribution in [1.29, 1.82) is 0 Å². The molecule has 0 saturated heterocycles. The Morgan fingerprint density at radius 1 is 0.893 bits per heavy atom. The molecule has 0 bridgehead atoms. The van der Waals surface area contributed by atoms with Crippen LogP contribution < -0.4 is 5.43 Å². The van der Waals surface area contributed by atoms with Crippen molar-refractivity contribution in [2.24, 2.45) is 11.0 Å². The standard InChI is InChI=1S/C25H24N2O/c1-18-13-15-20(16-14-18)19(2)26-27-24(28)23-17-25(23,21-9-5-3-6-10-21)22-11-7-4-8-12-22/h3-16,23H,17H2,1-2H3,(H,27,28)/b26-19-/t23-/m0/s1. The summed E-state index contributed by atoms with van der Waals surface area (Å²) >= 11 is 0. The van der Waals surface area contributed by atoms with E-state index in [9.17, 15) is 4.79 Å². The van der Waals surface area contributed by atoms with Gasteiger partial charge in [0.2, 0.25) is 5.91 Å². The lowest BCUT2D eigenvalue weighted by molar-refractivity contribution is -0.122. The van der Waals surface area contributed by atoms with E-state index in [-0.39, 0.29) is 17.2 Å². The lowest BCUT2D eigenvalue weighted by atomic mass is 9.85. The highest BCUT2D eigenvalue weighted by Gasteiger charge is 2.60. The van der Waals surface area contributed by atoms with Gasteiger partial charge in [-0.05, 0) is 37.0 Å². The Morgan fingerprint density at radius 3 is 1.96 bits per heavy atom. The molecule has 1 aliphatic carbocycles. The van der Waals surface area contributed by atoms with E-state index in [1.54, 1.807) is 0 Å².